The summed E-state index contributed by atoms with van der Waals surface area (Å²) in [6, 6.07) is 11.7. The third kappa shape index (κ3) is 1.58. The van der Waals surface area contributed by atoms with E-state index in [1.165, 1.54) is 0 Å². The number of hydrogen-bond donors (Lipinski definition) is 0. The third-order valence-corrected chi connectivity index (χ3v) is 1.94. The van der Waals surface area contributed by atoms with Crippen molar-refractivity contribution in [3.05, 3.63) is 35.9 Å². The summed E-state index contributed by atoms with van der Waals surface area (Å²) < 4.78 is 0. The second kappa shape index (κ2) is 3.38. The van der Waals surface area contributed by atoms with Crippen LogP contribution in [-0.4, -0.2) is 0 Å². The summed E-state index contributed by atoms with van der Waals surface area (Å²) in [6.07, 6.45) is 0. The van der Waals surface area contributed by atoms with E-state index in [9.17, 15) is 0 Å². The van der Waals surface area contributed by atoms with Crippen molar-refractivity contribution >= 4 is 15.9 Å². The molecule has 0 aromatic heterocycles. The van der Waals surface area contributed by atoms with Gasteiger partial charge in [-0.05, 0) is 5.56 Å². The highest BCUT2D eigenvalue weighted by Gasteiger charge is 2.01. The minimum Gasteiger partial charge on any atom is -0.197 e. The quantitative estimate of drug-likeness (QED) is 0.633. The average Bonchev–Trinajstić information content (AvgIpc) is 2.05. The van der Waals surface area contributed by atoms with E-state index >= 15 is 0 Å². The van der Waals surface area contributed by atoms with Gasteiger partial charge in [0.05, 0.1) is 6.07 Å². The first kappa shape index (κ1) is 7.30. The Labute approximate surface area is 68.4 Å². The topological polar surface area (TPSA) is 23.8 Å². The van der Waals surface area contributed by atoms with Gasteiger partial charge in [-0.1, -0.05) is 46.3 Å². The zero-order valence-corrected chi connectivity index (χ0v) is 6.88. The normalized spacial score (nSPS) is 12.0. The molecule has 2 heteroatoms. The van der Waals surface area contributed by atoms with Crippen LogP contribution >= 0.6 is 15.9 Å². The number of hydrogen-bond acceptors (Lipinski definition) is 1. The lowest BCUT2D eigenvalue weighted by Gasteiger charge is -1.97. The van der Waals surface area contributed by atoms with Crippen LogP contribution < -0.4 is 0 Å². The Morgan fingerprint density at radius 3 is 2.40 bits per heavy atom. The maximum atomic E-state index is 8.49. The monoisotopic (exact) mass is 195 g/mol. The molecule has 0 fully saturated rings. The molecule has 1 nitrogen and oxygen atoms in total. The Hall–Kier alpha value is -0.810. The van der Waals surface area contributed by atoms with Crippen molar-refractivity contribution < 1.29 is 0 Å². The Bertz CT molecular complexity index is 237. The summed E-state index contributed by atoms with van der Waals surface area (Å²) in [6.45, 7) is 0. The fourth-order valence-corrected chi connectivity index (χ4v) is 1.00. The van der Waals surface area contributed by atoms with Gasteiger partial charge in [0.15, 0.2) is 0 Å². The summed E-state index contributed by atoms with van der Waals surface area (Å²) >= 11 is 3.22. The van der Waals surface area contributed by atoms with E-state index in [0.29, 0.717) is 0 Å². The summed E-state index contributed by atoms with van der Waals surface area (Å²) in [5.41, 5.74) is 1.00. The zero-order chi connectivity index (χ0) is 7.40. The van der Waals surface area contributed by atoms with Gasteiger partial charge in [-0.2, -0.15) is 5.26 Å². The number of nitriles is 1. The van der Waals surface area contributed by atoms with Crippen molar-refractivity contribution in [1.82, 2.24) is 0 Å². The first-order chi connectivity index (χ1) is 4.84. The van der Waals surface area contributed by atoms with E-state index in [2.05, 4.69) is 22.0 Å². The molecule has 0 saturated heterocycles. The maximum absolute atomic E-state index is 8.49. The average molecular weight is 196 g/mol. The SMILES string of the molecule is N#C[C@H](Br)c1ccccc1. The minimum atomic E-state index is -0.173. The molecule has 1 aromatic rings. The van der Waals surface area contributed by atoms with E-state index in [1.54, 1.807) is 0 Å². The van der Waals surface area contributed by atoms with E-state index in [1.807, 2.05) is 30.3 Å². The van der Waals surface area contributed by atoms with Gasteiger partial charge in [-0.3, -0.25) is 0 Å². The third-order valence-electron chi connectivity index (χ3n) is 1.21. The molecule has 0 saturated carbocycles. The Kier molecular flexibility index (Phi) is 2.47. The molecule has 1 atom stereocenters. The number of nitrogens with zero attached hydrogens (tertiary/aromatic N) is 1. The molecule has 0 unspecified atom stereocenters. The lowest BCUT2D eigenvalue weighted by atomic mass is 10.2. The van der Waals surface area contributed by atoms with Gasteiger partial charge in [0.2, 0.25) is 0 Å². The first-order valence-corrected chi connectivity index (χ1v) is 3.85. The number of halogens is 1. The molecule has 0 bridgehead atoms. The molecule has 0 radical (unpaired) electrons. The number of alkyl halides is 1. The molecule has 0 N–H and O–H groups in total. The fourth-order valence-electron chi connectivity index (χ4n) is 0.697. The van der Waals surface area contributed by atoms with Gasteiger partial charge in [0.25, 0.3) is 0 Å². The molecule has 0 aliphatic rings. The molecule has 0 heterocycles. The number of rotatable bonds is 1. The molecule has 0 spiro atoms. The van der Waals surface area contributed by atoms with Crippen molar-refractivity contribution in [2.45, 2.75) is 4.83 Å². The predicted octanol–water partition coefficient (Wildman–Crippen LogP) is 2.65. The molecular formula is C8H6BrN. The van der Waals surface area contributed by atoms with E-state index < -0.39 is 0 Å². The molecule has 10 heavy (non-hydrogen) atoms. The van der Waals surface area contributed by atoms with Crippen LogP contribution in [0.25, 0.3) is 0 Å². The molecule has 1 aromatic carbocycles. The molecule has 1 rings (SSSR count). The van der Waals surface area contributed by atoms with Crippen molar-refractivity contribution in [2.24, 2.45) is 0 Å². The standard InChI is InChI=1S/C8H6BrN/c9-8(6-10)7-4-2-1-3-5-7/h1-5,8H/t8-/m0/s1. The van der Waals surface area contributed by atoms with Gasteiger partial charge in [-0.25, -0.2) is 0 Å². The van der Waals surface area contributed by atoms with Crippen molar-refractivity contribution in [2.75, 3.05) is 0 Å². The Balaban J connectivity index is 2.88. The second-order valence-corrected chi connectivity index (χ2v) is 2.82. The van der Waals surface area contributed by atoms with Crippen molar-refractivity contribution in [3.8, 4) is 6.07 Å². The van der Waals surface area contributed by atoms with Gasteiger partial charge < -0.3 is 0 Å². The summed E-state index contributed by atoms with van der Waals surface area (Å²) in [4.78, 5) is -0.173. The van der Waals surface area contributed by atoms with E-state index in [4.69, 9.17) is 5.26 Å². The highest BCUT2D eigenvalue weighted by Crippen LogP contribution is 2.20. The van der Waals surface area contributed by atoms with Crippen LogP contribution in [0.3, 0.4) is 0 Å². The lowest BCUT2D eigenvalue weighted by Crippen LogP contribution is -1.82. The highest BCUT2D eigenvalue weighted by molar-refractivity contribution is 9.09. The van der Waals surface area contributed by atoms with Gasteiger partial charge in [-0.15, -0.1) is 0 Å². The molecular weight excluding hydrogens is 190 g/mol. The van der Waals surface area contributed by atoms with Crippen LogP contribution in [0.1, 0.15) is 10.4 Å². The molecule has 0 amide bonds. The van der Waals surface area contributed by atoms with Crippen LogP contribution in [0, 0.1) is 11.3 Å². The highest BCUT2D eigenvalue weighted by atomic mass is 79.9. The Morgan fingerprint density at radius 1 is 1.30 bits per heavy atom. The van der Waals surface area contributed by atoms with E-state index in [0.717, 1.165) is 5.56 Å². The zero-order valence-electron chi connectivity index (χ0n) is 5.29. The maximum Gasteiger partial charge on any atom is 0.126 e. The van der Waals surface area contributed by atoms with Gasteiger partial charge in [0, 0.05) is 0 Å². The fraction of sp³-hybridized carbons (Fsp3) is 0.125. The van der Waals surface area contributed by atoms with Crippen molar-refractivity contribution in [3.63, 3.8) is 0 Å². The smallest absolute Gasteiger partial charge is 0.126 e. The molecule has 50 valence electrons. The van der Waals surface area contributed by atoms with Crippen molar-refractivity contribution in [1.29, 1.82) is 5.26 Å². The summed E-state index contributed by atoms with van der Waals surface area (Å²) in [5.74, 6) is 0. The summed E-state index contributed by atoms with van der Waals surface area (Å²) in [5, 5.41) is 8.49. The van der Waals surface area contributed by atoms with Crippen LogP contribution in [0.4, 0.5) is 0 Å². The van der Waals surface area contributed by atoms with Crippen LogP contribution in [0.2, 0.25) is 0 Å². The van der Waals surface area contributed by atoms with Crippen LogP contribution in [0.15, 0.2) is 30.3 Å². The van der Waals surface area contributed by atoms with Crippen LogP contribution in [-0.2, 0) is 0 Å². The van der Waals surface area contributed by atoms with Gasteiger partial charge >= 0.3 is 0 Å². The summed E-state index contributed by atoms with van der Waals surface area (Å²) in [7, 11) is 0. The van der Waals surface area contributed by atoms with E-state index in [-0.39, 0.29) is 4.83 Å². The Morgan fingerprint density at radius 2 is 1.90 bits per heavy atom. The van der Waals surface area contributed by atoms with Crippen LogP contribution in [0.5, 0.6) is 0 Å². The second-order valence-electron chi connectivity index (χ2n) is 1.90. The predicted molar refractivity (Wildman–Crippen MR) is 43.7 cm³/mol. The lowest BCUT2D eigenvalue weighted by molar-refractivity contribution is 1.25. The molecule has 0 aliphatic carbocycles. The minimum absolute atomic E-state index is 0.173. The molecule has 0 aliphatic heterocycles. The number of benzene rings is 1. The van der Waals surface area contributed by atoms with Gasteiger partial charge in [0.1, 0.15) is 4.83 Å². The first-order valence-electron chi connectivity index (χ1n) is 2.93. The largest absolute Gasteiger partial charge is 0.197 e.